The normalized spacial score (nSPS) is 26.9. The maximum Gasteiger partial charge on any atom is 0.534 e. The van der Waals surface area contributed by atoms with Crippen molar-refractivity contribution in [1.82, 2.24) is 0 Å². The molecule has 0 unspecified atom stereocenters. The Kier molecular flexibility index (Phi) is 5.39. The standard InChI is InChI=1S/C28H25F3O5S/c29-28(30,31)37(34,35)36-25-12-22-6-5-21(19-1-3-20(4-2-19)26(32)33)10-23(22)11-24(25)27-13-16-7-17(14-27)9-18(8-16)15-27/h1-6,10-12,16-18H,7-9,13-15H2,(H,32,33). The molecule has 1 N–H and O–H groups in total. The van der Waals surface area contributed by atoms with Crippen LogP contribution in [0.15, 0.2) is 54.6 Å². The van der Waals surface area contributed by atoms with E-state index in [2.05, 4.69) is 0 Å². The first kappa shape index (κ1) is 24.3. The number of hydrogen-bond acceptors (Lipinski definition) is 4. The molecule has 0 saturated heterocycles. The molecule has 0 amide bonds. The second-order valence-corrected chi connectivity index (χ2v) is 12.5. The second kappa shape index (κ2) is 8.21. The molecule has 0 aliphatic heterocycles. The minimum atomic E-state index is -5.82. The van der Waals surface area contributed by atoms with Gasteiger partial charge in [-0.2, -0.15) is 21.6 Å². The summed E-state index contributed by atoms with van der Waals surface area (Å²) in [5.41, 5.74) is -3.60. The Morgan fingerprint density at radius 2 is 1.41 bits per heavy atom. The summed E-state index contributed by atoms with van der Waals surface area (Å²) in [4.78, 5) is 11.2. The number of fused-ring (bicyclic) bond motifs is 1. The minimum absolute atomic E-state index is 0.168. The number of hydrogen-bond donors (Lipinski definition) is 1. The van der Waals surface area contributed by atoms with Gasteiger partial charge >= 0.3 is 21.6 Å². The fourth-order valence-corrected chi connectivity index (χ4v) is 7.82. The van der Waals surface area contributed by atoms with Crippen LogP contribution in [0.2, 0.25) is 0 Å². The van der Waals surface area contributed by atoms with Crippen LogP contribution in [0.1, 0.15) is 54.4 Å². The summed E-state index contributed by atoms with van der Waals surface area (Å²) in [6.45, 7) is 0. The number of halogens is 3. The summed E-state index contributed by atoms with van der Waals surface area (Å²) in [7, 11) is -5.82. The van der Waals surface area contributed by atoms with E-state index < -0.39 is 27.0 Å². The highest BCUT2D eigenvalue weighted by Gasteiger charge is 2.54. The Morgan fingerprint density at radius 1 is 0.838 bits per heavy atom. The molecular formula is C28H25F3O5S. The molecule has 4 bridgehead atoms. The fourth-order valence-electron chi connectivity index (χ4n) is 7.35. The molecule has 4 saturated carbocycles. The van der Waals surface area contributed by atoms with Gasteiger partial charge in [-0.05, 0) is 114 Å². The molecular weight excluding hydrogens is 505 g/mol. The highest BCUT2D eigenvalue weighted by atomic mass is 32.2. The lowest BCUT2D eigenvalue weighted by Gasteiger charge is -2.57. The molecule has 4 aliphatic carbocycles. The quantitative estimate of drug-likeness (QED) is 0.287. The van der Waals surface area contributed by atoms with Crippen molar-refractivity contribution in [2.75, 3.05) is 0 Å². The third kappa shape index (κ3) is 4.17. The van der Waals surface area contributed by atoms with E-state index in [1.54, 1.807) is 24.3 Å². The zero-order valence-electron chi connectivity index (χ0n) is 19.8. The van der Waals surface area contributed by atoms with Crippen molar-refractivity contribution in [3.63, 3.8) is 0 Å². The average Bonchev–Trinajstić information content (AvgIpc) is 2.81. The van der Waals surface area contributed by atoms with Gasteiger partial charge in [0.05, 0.1) is 5.56 Å². The number of aromatic carboxylic acids is 1. The second-order valence-electron chi connectivity index (χ2n) is 11.0. The van der Waals surface area contributed by atoms with E-state index in [4.69, 9.17) is 9.29 Å². The lowest BCUT2D eigenvalue weighted by Crippen LogP contribution is -2.48. The first-order valence-corrected chi connectivity index (χ1v) is 13.8. The minimum Gasteiger partial charge on any atom is -0.478 e. The Labute approximate surface area is 212 Å². The van der Waals surface area contributed by atoms with Crippen molar-refractivity contribution in [1.29, 1.82) is 0 Å². The molecule has 0 spiro atoms. The molecule has 0 radical (unpaired) electrons. The van der Waals surface area contributed by atoms with Crippen molar-refractivity contribution >= 4 is 26.9 Å². The molecule has 3 aromatic rings. The van der Waals surface area contributed by atoms with Crippen LogP contribution in [0.5, 0.6) is 5.75 Å². The molecule has 37 heavy (non-hydrogen) atoms. The first-order valence-electron chi connectivity index (χ1n) is 12.4. The predicted molar refractivity (Wildman–Crippen MR) is 132 cm³/mol. The summed E-state index contributed by atoms with van der Waals surface area (Å²) in [6.07, 6.45) is 5.84. The average molecular weight is 531 g/mol. The predicted octanol–water partition coefficient (Wildman–Crippen LogP) is 6.90. The van der Waals surface area contributed by atoms with Crippen LogP contribution in [0.3, 0.4) is 0 Å². The van der Waals surface area contributed by atoms with E-state index >= 15 is 0 Å². The number of rotatable bonds is 5. The van der Waals surface area contributed by atoms with E-state index in [0.29, 0.717) is 28.7 Å². The first-order chi connectivity index (χ1) is 17.4. The van der Waals surface area contributed by atoms with Gasteiger partial charge in [0.25, 0.3) is 0 Å². The number of alkyl halides is 3. The summed E-state index contributed by atoms with van der Waals surface area (Å²) in [5.74, 6) is 0.228. The monoisotopic (exact) mass is 530 g/mol. The smallest absolute Gasteiger partial charge is 0.478 e. The molecule has 0 heterocycles. The number of carboxylic acid groups (broad SMARTS) is 1. The number of benzene rings is 3. The lowest BCUT2D eigenvalue weighted by atomic mass is 9.48. The molecule has 7 rings (SSSR count). The van der Waals surface area contributed by atoms with Gasteiger partial charge < -0.3 is 9.29 Å². The maximum atomic E-state index is 13.3. The van der Waals surface area contributed by atoms with Crippen LogP contribution in [0, 0.1) is 17.8 Å². The van der Waals surface area contributed by atoms with E-state index in [1.807, 2.05) is 12.1 Å². The van der Waals surface area contributed by atoms with E-state index in [1.165, 1.54) is 18.2 Å². The van der Waals surface area contributed by atoms with Gasteiger partial charge in [-0.25, -0.2) is 4.79 Å². The topological polar surface area (TPSA) is 80.7 Å². The van der Waals surface area contributed by atoms with E-state index in [-0.39, 0.29) is 11.3 Å². The van der Waals surface area contributed by atoms with Gasteiger partial charge in [-0.15, -0.1) is 0 Å². The third-order valence-corrected chi connectivity index (χ3v) is 9.46. The third-order valence-electron chi connectivity index (χ3n) is 8.50. The van der Waals surface area contributed by atoms with E-state index in [0.717, 1.165) is 55.0 Å². The van der Waals surface area contributed by atoms with Crippen LogP contribution in [0.25, 0.3) is 21.9 Å². The summed E-state index contributed by atoms with van der Waals surface area (Å²) in [6, 6.07) is 15.1. The molecule has 0 atom stereocenters. The molecule has 0 aromatic heterocycles. The Morgan fingerprint density at radius 3 is 1.95 bits per heavy atom. The molecule has 194 valence electrons. The van der Waals surface area contributed by atoms with Gasteiger partial charge in [0.15, 0.2) is 0 Å². The fraction of sp³-hybridized carbons (Fsp3) is 0.393. The van der Waals surface area contributed by atoms with Crippen molar-refractivity contribution in [2.24, 2.45) is 17.8 Å². The largest absolute Gasteiger partial charge is 0.534 e. The van der Waals surface area contributed by atoms with E-state index in [9.17, 15) is 26.4 Å². The molecule has 4 aliphatic rings. The van der Waals surface area contributed by atoms with Crippen molar-refractivity contribution in [2.45, 2.75) is 49.4 Å². The SMILES string of the molecule is O=C(O)c1ccc(-c2ccc3cc(OS(=O)(=O)C(F)(F)F)c(C45CC6CC(CC(C6)C4)C5)cc3c2)cc1. The lowest BCUT2D eigenvalue weighted by molar-refractivity contribution is -0.0502. The van der Waals surface area contributed by atoms with Gasteiger partial charge in [-0.3, -0.25) is 0 Å². The Bertz CT molecular complexity index is 1470. The van der Waals surface area contributed by atoms with Crippen LogP contribution in [0.4, 0.5) is 13.2 Å². The van der Waals surface area contributed by atoms with Gasteiger partial charge in [-0.1, -0.05) is 24.3 Å². The highest BCUT2D eigenvalue weighted by molar-refractivity contribution is 7.88. The molecule has 5 nitrogen and oxygen atoms in total. The maximum absolute atomic E-state index is 13.3. The summed E-state index contributed by atoms with van der Waals surface area (Å²) < 4.78 is 68.8. The van der Waals surface area contributed by atoms with Crippen LogP contribution in [-0.2, 0) is 15.5 Å². The number of carbonyl (C=O) groups is 1. The Hall–Kier alpha value is -3.07. The van der Waals surface area contributed by atoms with Crippen molar-refractivity contribution < 1.29 is 35.7 Å². The van der Waals surface area contributed by atoms with Crippen LogP contribution < -0.4 is 4.18 Å². The molecule has 3 aromatic carbocycles. The van der Waals surface area contributed by atoms with Gasteiger partial charge in [0, 0.05) is 5.56 Å². The van der Waals surface area contributed by atoms with Crippen LogP contribution >= 0.6 is 0 Å². The number of carboxylic acids is 1. The molecule has 4 fully saturated rings. The highest BCUT2D eigenvalue weighted by Crippen LogP contribution is 2.62. The van der Waals surface area contributed by atoms with Gasteiger partial charge in [0.2, 0.25) is 0 Å². The van der Waals surface area contributed by atoms with Crippen molar-refractivity contribution in [3.05, 3.63) is 65.7 Å². The zero-order valence-corrected chi connectivity index (χ0v) is 20.6. The molecule has 9 heteroatoms. The van der Waals surface area contributed by atoms with Crippen molar-refractivity contribution in [3.8, 4) is 16.9 Å². The van der Waals surface area contributed by atoms with Crippen LogP contribution in [-0.4, -0.2) is 25.0 Å². The Balaban J connectivity index is 1.49. The summed E-state index contributed by atoms with van der Waals surface area (Å²) >= 11 is 0. The van der Waals surface area contributed by atoms with Gasteiger partial charge in [0.1, 0.15) is 5.75 Å². The summed E-state index contributed by atoms with van der Waals surface area (Å²) in [5, 5.41) is 10.5. The zero-order chi connectivity index (χ0) is 26.2.